The van der Waals surface area contributed by atoms with Gasteiger partial charge in [0.25, 0.3) is 0 Å². The van der Waals surface area contributed by atoms with Gasteiger partial charge < -0.3 is 5.11 Å². The van der Waals surface area contributed by atoms with Crippen LogP contribution in [0.25, 0.3) is 10.2 Å². The third-order valence-corrected chi connectivity index (χ3v) is 5.70. The van der Waals surface area contributed by atoms with Crippen LogP contribution in [-0.2, 0) is 6.42 Å². The maximum Gasteiger partial charge on any atom is 0.0964 e. The number of para-hydroxylation sites is 1. The lowest BCUT2D eigenvalue weighted by Gasteiger charge is -2.10. The molecule has 2 aromatic rings. The van der Waals surface area contributed by atoms with Gasteiger partial charge in [-0.05, 0) is 42.7 Å². The van der Waals surface area contributed by atoms with Gasteiger partial charge in [0.15, 0.2) is 0 Å². The zero-order valence-corrected chi connectivity index (χ0v) is 11.1. The summed E-state index contributed by atoms with van der Waals surface area (Å²) in [5.41, 5.74) is 1.07. The Bertz CT molecular complexity index is 536. The first-order valence-corrected chi connectivity index (χ1v) is 7.67. The van der Waals surface area contributed by atoms with Gasteiger partial charge in [0.2, 0.25) is 0 Å². The molecule has 1 heterocycles. The molecule has 0 spiro atoms. The molecule has 0 radical (unpaired) electrons. The predicted octanol–water partition coefficient (Wildman–Crippen LogP) is 3.25. The second-order valence-corrected chi connectivity index (χ2v) is 6.80. The van der Waals surface area contributed by atoms with E-state index in [9.17, 15) is 5.11 Å². The van der Waals surface area contributed by atoms with Crippen molar-refractivity contribution < 1.29 is 5.11 Å². The molecule has 1 aromatic heterocycles. The van der Waals surface area contributed by atoms with Gasteiger partial charge in [0, 0.05) is 6.42 Å². The first-order chi connectivity index (χ1) is 8.83. The van der Waals surface area contributed by atoms with Crippen molar-refractivity contribution in [3.8, 4) is 0 Å². The molecule has 1 N–H and O–H groups in total. The van der Waals surface area contributed by atoms with Crippen molar-refractivity contribution in [3.05, 3.63) is 29.3 Å². The van der Waals surface area contributed by atoms with E-state index in [-0.39, 0.29) is 6.10 Å². The number of thiazole rings is 1. The summed E-state index contributed by atoms with van der Waals surface area (Å²) in [5, 5.41) is 11.4. The standard InChI is InChI=1S/C15H17NOS/c17-12(15-9-4-3-5-10(9)15)8-14-16-11-6-1-2-7-13(11)18-14/h1-2,6-7,9-10,12,15,17H,3-5,8H2. The summed E-state index contributed by atoms with van der Waals surface area (Å²) >= 11 is 1.73. The molecule has 3 unspecified atom stereocenters. The number of aliphatic hydroxyl groups excluding tert-OH is 1. The van der Waals surface area contributed by atoms with Crippen LogP contribution in [0.3, 0.4) is 0 Å². The zero-order chi connectivity index (χ0) is 12.1. The summed E-state index contributed by atoms with van der Waals surface area (Å²) in [5.74, 6) is 2.23. The Morgan fingerprint density at radius 3 is 2.83 bits per heavy atom. The van der Waals surface area contributed by atoms with Crippen molar-refractivity contribution in [1.82, 2.24) is 4.98 Å². The van der Waals surface area contributed by atoms with E-state index in [0.29, 0.717) is 5.92 Å². The monoisotopic (exact) mass is 259 g/mol. The van der Waals surface area contributed by atoms with Gasteiger partial charge in [-0.1, -0.05) is 18.6 Å². The molecule has 2 nitrogen and oxygen atoms in total. The predicted molar refractivity (Wildman–Crippen MR) is 73.7 cm³/mol. The number of nitrogens with zero attached hydrogens (tertiary/aromatic N) is 1. The molecule has 0 amide bonds. The topological polar surface area (TPSA) is 33.1 Å². The first kappa shape index (κ1) is 10.9. The fourth-order valence-corrected chi connectivity index (χ4v) is 4.79. The molecule has 2 aliphatic rings. The largest absolute Gasteiger partial charge is 0.392 e. The van der Waals surface area contributed by atoms with Gasteiger partial charge in [0.05, 0.1) is 21.3 Å². The van der Waals surface area contributed by atoms with Crippen molar-refractivity contribution in [3.63, 3.8) is 0 Å². The third kappa shape index (κ3) is 1.69. The quantitative estimate of drug-likeness (QED) is 0.918. The second kappa shape index (κ2) is 4.04. The fraction of sp³-hybridized carbons (Fsp3) is 0.533. The maximum absolute atomic E-state index is 10.3. The van der Waals surface area contributed by atoms with E-state index in [2.05, 4.69) is 11.1 Å². The zero-order valence-electron chi connectivity index (χ0n) is 10.2. The molecule has 3 heteroatoms. The Kier molecular flexibility index (Phi) is 2.45. The smallest absolute Gasteiger partial charge is 0.0964 e. The Morgan fingerprint density at radius 1 is 1.28 bits per heavy atom. The van der Waals surface area contributed by atoms with Crippen LogP contribution in [0, 0.1) is 17.8 Å². The molecular weight excluding hydrogens is 242 g/mol. The van der Waals surface area contributed by atoms with E-state index in [1.807, 2.05) is 18.2 Å². The lowest BCUT2D eigenvalue weighted by molar-refractivity contribution is 0.135. The molecule has 4 rings (SSSR count). The van der Waals surface area contributed by atoms with Crippen molar-refractivity contribution >= 4 is 21.6 Å². The van der Waals surface area contributed by atoms with Gasteiger partial charge in [-0.15, -0.1) is 11.3 Å². The number of aliphatic hydroxyl groups is 1. The second-order valence-electron chi connectivity index (χ2n) is 5.68. The Labute approximate surface area is 111 Å². The summed E-state index contributed by atoms with van der Waals surface area (Å²) in [6, 6.07) is 8.22. The van der Waals surface area contributed by atoms with Gasteiger partial charge in [-0.3, -0.25) is 0 Å². The lowest BCUT2D eigenvalue weighted by Crippen LogP contribution is -2.16. The molecule has 18 heavy (non-hydrogen) atoms. The summed E-state index contributed by atoms with van der Waals surface area (Å²) in [6.45, 7) is 0. The van der Waals surface area contributed by atoms with Crippen LogP contribution < -0.4 is 0 Å². The van der Waals surface area contributed by atoms with Crippen molar-refractivity contribution in [2.45, 2.75) is 31.8 Å². The average Bonchev–Trinajstić information content (AvgIpc) is 2.77. The summed E-state index contributed by atoms with van der Waals surface area (Å²) < 4.78 is 1.23. The molecule has 2 saturated carbocycles. The van der Waals surface area contributed by atoms with Crippen LogP contribution in [0.2, 0.25) is 0 Å². The molecule has 0 aliphatic heterocycles. The van der Waals surface area contributed by atoms with E-state index >= 15 is 0 Å². The summed E-state index contributed by atoms with van der Waals surface area (Å²) in [7, 11) is 0. The molecule has 3 atom stereocenters. The normalized spacial score (nSPS) is 31.5. The maximum atomic E-state index is 10.3. The van der Waals surface area contributed by atoms with Crippen LogP contribution in [0.1, 0.15) is 24.3 Å². The molecule has 94 valence electrons. The summed E-state index contributed by atoms with van der Waals surface area (Å²) in [6.07, 6.45) is 4.63. The first-order valence-electron chi connectivity index (χ1n) is 6.85. The fourth-order valence-electron chi connectivity index (χ4n) is 3.77. The minimum Gasteiger partial charge on any atom is -0.392 e. The van der Waals surface area contributed by atoms with Crippen molar-refractivity contribution in [2.75, 3.05) is 0 Å². The molecule has 0 saturated heterocycles. The number of rotatable bonds is 3. The van der Waals surface area contributed by atoms with Gasteiger partial charge >= 0.3 is 0 Å². The highest BCUT2D eigenvalue weighted by atomic mass is 32.1. The number of hydrogen-bond acceptors (Lipinski definition) is 3. The molecule has 2 aliphatic carbocycles. The van der Waals surface area contributed by atoms with Crippen LogP contribution >= 0.6 is 11.3 Å². The Hall–Kier alpha value is -0.930. The number of benzene rings is 1. The minimum atomic E-state index is -0.166. The van der Waals surface area contributed by atoms with E-state index in [1.165, 1.54) is 24.0 Å². The molecule has 2 fully saturated rings. The molecule has 0 bridgehead atoms. The number of hydrogen-bond donors (Lipinski definition) is 1. The van der Waals surface area contributed by atoms with Gasteiger partial charge in [-0.2, -0.15) is 0 Å². The highest BCUT2D eigenvalue weighted by molar-refractivity contribution is 7.18. The third-order valence-electron chi connectivity index (χ3n) is 4.64. The number of aromatic nitrogens is 1. The SMILES string of the molecule is OC(Cc1nc2ccccc2s1)C1C2CCCC21. The van der Waals surface area contributed by atoms with Crippen LogP contribution in [0.4, 0.5) is 0 Å². The highest BCUT2D eigenvalue weighted by Crippen LogP contribution is 2.59. The number of fused-ring (bicyclic) bond motifs is 2. The van der Waals surface area contributed by atoms with Crippen molar-refractivity contribution in [2.24, 2.45) is 17.8 Å². The van der Waals surface area contributed by atoms with Crippen molar-refractivity contribution in [1.29, 1.82) is 0 Å². The van der Waals surface area contributed by atoms with Gasteiger partial charge in [0.1, 0.15) is 0 Å². The van der Waals surface area contributed by atoms with E-state index in [1.54, 1.807) is 11.3 Å². The minimum absolute atomic E-state index is 0.166. The van der Waals surface area contributed by atoms with Gasteiger partial charge in [-0.25, -0.2) is 4.98 Å². The highest BCUT2D eigenvalue weighted by Gasteiger charge is 2.55. The van der Waals surface area contributed by atoms with E-state index < -0.39 is 0 Å². The van der Waals surface area contributed by atoms with E-state index in [0.717, 1.165) is 28.8 Å². The van der Waals surface area contributed by atoms with Crippen LogP contribution in [0.5, 0.6) is 0 Å². The van der Waals surface area contributed by atoms with E-state index in [4.69, 9.17) is 0 Å². The summed E-state index contributed by atoms with van der Waals surface area (Å²) in [4.78, 5) is 4.62. The molecular formula is C15H17NOS. The van der Waals surface area contributed by atoms with Crippen LogP contribution in [-0.4, -0.2) is 16.2 Å². The lowest BCUT2D eigenvalue weighted by atomic mass is 10.0. The molecule has 1 aromatic carbocycles. The Balaban J connectivity index is 1.50. The average molecular weight is 259 g/mol. The Morgan fingerprint density at radius 2 is 2.06 bits per heavy atom. The van der Waals surface area contributed by atoms with Crippen LogP contribution in [0.15, 0.2) is 24.3 Å².